The van der Waals surface area contributed by atoms with Gasteiger partial charge in [0.1, 0.15) is 11.9 Å². The average Bonchev–Trinajstić information content (AvgIpc) is 2.98. The first kappa shape index (κ1) is 20.1. The molecule has 0 spiro atoms. The van der Waals surface area contributed by atoms with Gasteiger partial charge in [0.25, 0.3) is 10.0 Å². The smallest absolute Gasteiger partial charge is 0.262 e. The summed E-state index contributed by atoms with van der Waals surface area (Å²) in [5, 5.41) is 3.38. The van der Waals surface area contributed by atoms with Gasteiger partial charge in [-0.05, 0) is 38.0 Å². The van der Waals surface area contributed by atoms with Gasteiger partial charge in [-0.3, -0.25) is 4.79 Å². The molecule has 146 valence electrons. The molecule has 0 saturated carbocycles. The second-order valence-electron chi connectivity index (χ2n) is 6.48. The highest BCUT2D eigenvalue weighted by Gasteiger charge is 2.39. The maximum absolute atomic E-state index is 13.1. The number of sulfonamides is 1. The lowest BCUT2D eigenvalue weighted by molar-refractivity contribution is -0.120. The lowest BCUT2D eigenvalue weighted by Gasteiger charge is -2.33. The molecule has 1 aliphatic rings. The number of amides is 1. The van der Waals surface area contributed by atoms with E-state index in [1.54, 1.807) is 30.7 Å². The van der Waals surface area contributed by atoms with E-state index in [9.17, 15) is 13.2 Å². The van der Waals surface area contributed by atoms with Crippen molar-refractivity contribution >= 4 is 44.8 Å². The van der Waals surface area contributed by atoms with E-state index < -0.39 is 22.0 Å². The van der Waals surface area contributed by atoms with Gasteiger partial charge in [0.05, 0.1) is 10.0 Å². The summed E-state index contributed by atoms with van der Waals surface area (Å²) in [5.74, 6) is 0.187. The predicted molar refractivity (Wildman–Crippen MR) is 105 cm³/mol. The van der Waals surface area contributed by atoms with Gasteiger partial charge in [0.15, 0.2) is 5.03 Å². The lowest BCUT2D eigenvalue weighted by atomic mass is 10.0. The Morgan fingerprint density at radius 3 is 2.63 bits per heavy atom. The number of nitrogens with zero attached hydrogens (tertiary/aromatic N) is 3. The third-order valence-electron chi connectivity index (χ3n) is 4.60. The molecule has 10 heteroatoms. The highest BCUT2D eigenvalue weighted by molar-refractivity contribution is 7.89. The van der Waals surface area contributed by atoms with Crippen LogP contribution in [0.5, 0.6) is 0 Å². The Morgan fingerprint density at radius 2 is 2.00 bits per heavy atom. The lowest BCUT2D eigenvalue weighted by Crippen LogP contribution is -2.49. The molecule has 27 heavy (non-hydrogen) atoms. The number of hydrogen-bond acceptors (Lipinski definition) is 4. The molecule has 2 heterocycles. The number of aromatic nitrogens is 2. The standard InChI is InChI=1S/C17H20Cl2N4O3S/c1-11-20-16(10-22(11)2)27(25,26)23-8-4-3-5-15(23)17(24)21-12-6-7-13(18)14(19)9-12/h6-7,9-10,15H,3-5,8H2,1-2H3,(H,21,24). The summed E-state index contributed by atoms with van der Waals surface area (Å²) in [6, 6.07) is 3.92. The van der Waals surface area contributed by atoms with Crippen molar-refractivity contribution in [1.29, 1.82) is 0 Å². The van der Waals surface area contributed by atoms with Crippen molar-refractivity contribution in [2.45, 2.75) is 37.3 Å². The minimum Gasteiger partial charge on any atom is -0.337 e. The predicted octanol–water partition coefficient (Wildman–Crippen LogP) is 3.22. The van der Waals surface area contributed by atoms with Crippen molar-refractivity contribution in [2.24, 2.45) is 7.05 Å². The van der Waals surface area contributed by atoms with Crippen LogP contribution in [0.4, 0.5) is 5.69 Å². The first-order chi connectivity index (χ1) is 12.7. The highest BCUT2D eigenvalue weighted by atomic mass is 35.5. The van der Waals surface area contributed by atoms with E-state index in [2.05, 4.69) is 10.3 Å². The molecular weight excluding hydrogens is 411 g/mol. The van der Waals surface area contributed by atoms with Crippen molar-refractivity contribution in [1.82, 2.24) is 13.9 Å². The monoisotopic (exact) mass is 430 g/mol. The van der Waals surface area contributed by atoms with Crippen LogP contribution in [0.2, 0.25) is 10.0 Å². The van der Waals surface area contributed by atoms with Gasteiger partial charge >= 0.3 is 0 Å². The molecule has 3 rings (SSSR count). The number of nitrogens with one attached hydrogen (secondary N) is 1. The van der Waals surface area contributed by atoms with E-state index in [0.29, 0.717) is 34.4 Å². The number of rotatable bonds is 4. The van der Waals surface area contributed by atoms with Crippen LogP contribution in [0.25, 0.3) is 0 Å². The number of benzene rings is 1. The zero-order valence-corrected chi connectivity index (χ0v) is 17.3. The number of aryl methyl sites for hydroxylation is 2. The summed E-state index contributed by atoms with van der Waals surface area (Å²) in [4.78, 5) is 16.9. The molecule has 1 aliphatic heterocycles. The van der Waals surface area contributed by atoms with Gasteiger partial charge in [-0.2, -0.15) is 4.31 Å². The van der Waals surface area contributed by atoms with Crippen LogP contribution >= 0.6 is 23.2 Å². The van der Waals surface area contributed by atoms with E-state index in [1.165, 1.54) is 16.6 Å². The zero-order chi connectivity index (χ0) is 19.8. The van der Waals surface area contributed by atoms with Gasteiger partial charge < -0.3 is 9.88 Å². The number of piperidine rings is 1. The first-order valence-corrected chi connectivity index (χ1v) is 10.7. The normalized spacial score (nSPS) is 18.4. The fourth-order valence-corrected chi connectivity index (χ4v) is 5.01. The molecule has 1 aromatic carbocycles. The Balaban J connectivity index is 1.86. The van der Waals surface area contributed by atoms with E-state index in [0.717, 1.165) is 6.42 Å². The topological polar surface area (TPSA) is 84.3 Å². The molecule has 2 aromatic rings. The highest BCUT2D eigenvalue weighted by Crippen LogP contribution is 2.28. The molecule has 1 N–H and O–H groups in total. The Labute approximate surface area is 168 Å². The van der Waals surface area contributed by atoms with E-state index in [4.69, 9.17) is 23.2 Å². The third-order valence-corrected chi connectivity index (χ3v) is 7.12. The van der Waals surface area contributed by atoms with Gasteiger partial charge in [-0.15, -0.1) is 0 Å². The molecule has 0 bridgehead atoms. The molecular formula is C17H20Cl2N4O3S. The summed E-state index contributed by atoms with van der Waals surface area (Å²) in [6.45, 7) is 2.00. The fraction of sp³-hybridized carbons (Fsp3) is 0.412. The summed E-state index contributed by atoms with van der Waals surface area (Å²) in [6.07, 6.45) is 3.37. The summed E-state index contributed by atoms with van der Waals surface area (Å²) in [5.41, 5.74) is 0.464. The van der Waals surface area contributed by atoms with Crippen molar-refractivity contribution in [2.75, 3.05) is 11.9 Å². The van der Waals surface area contributed by atoms with Crippen LogP contribution in [-0.4, -0.2) is 40.8 Å². The fourth-order valence-electron chi connectivity index (χ4n) is 3.02. The van der Waals surface area contributed by atoms with Crippen LogP contribution < -0.4 is 5.32 Å². The van der Waals surface area contributed by atoms with E-state index in [1.807, 2.05) is 0 Å². The molecule has 1 fully saturated rings. The average molecular weight is 431 g/mol. The molecule has 1 saturated heterocycles. The minimum absolute atomic E-state index is 0.0447. The SMILES string of the molecule is Cc1nc(S(=O)(=O)N2CCCCC2C(=O)Nc2ccc(Cl)c(Cl)c2)cn1C. The summed E-state index contributed by atoms with van der Waals surface area (Å²) >= 11 is 11.9. The number of halogens is 2. The van der Waals surface area contributed by atoms with Gasteiger partial charge in [-0.25, -0.2) is 13.4 Å². The maximum atomic E-state index is 13.1. The van der Waals surface area contributed by atoms with Crippen LogP contribution in [0.1, 0.15) is 25.1 Å². The Bertz CT molecular complexity index is 955. The van der Waals surface area contributed by atoms with Crippen molar-refractivity contribution in [3.8, 4) is 0 Å². The number of imidazole rings is 1. The van der Waals surface area contributed by atoms with Crippen molar-refractivity contribution < 1.29 is 13.2 Å². The molecule has 1 unspecified atom stereocenters. The Hall–Kier alpha value is -1.61. The molecule has 7 nitrogen and oxygen atoms in total. The largest absolute Gasteiger partial charge is 0.337 e. The Kier molecular flexibility index (Phi) is 5.81. The van der Waals surface area contributed by atoms with E-state index in [-0.39, 0.29) is 11.6 Å². The van der Waals surface area contributed by atoms with Gasteiger partial charge in [0.2, 0.25) is 5.91 Å². The van der Waals surface area contributed by atoms with Crippen LogP contribution in [0.3, 0.4) is 0 Å². The summed E-state index contributed by atoms with van der Waals surface area (Å²) in [7, 11) is -2.14. The van der Waals surface area contributed by atoms with Crippen molar-refractivity contribution in [3.63, 3.8) is 0 Å². The minimum atomic E-state index is -3.87. The third kappa shape index (κ3) is 4.13. The number of carbonyl (C=O) groups is 1. The van der Waals surface area contributed by atoms with Gasteiger partial charge in [-0.1, -0.05) is 29.6 Å². The number of hydrogen-bond donors (Lipinski definition) is 1. The van der Waals surface area contributed by atoms with Crippen molar-refractivity contribution in [3.05, 3.63) is 40.3 Å². The second kappa shape index (κ2) is 7.79. The van der Waals surface area contributed by atoms with E-state index >= 15 is 0 Å². The molecule has 0 aliphatic carbocycles. The van der Waals surface area contributed by atoms with Gasteiger partial charge in [0, 0.05) is 25.5 Å². The molecule has 0 radical (unpaired) electrons. The first-order valence-electron chi connectivity index (χ1n) is 8.48. The molecule has 1 aromatic heterocycles. The number of carbonyl (C=O) groups excluding carboxylic acids is 1. The molecule has 1 atom stereocenters. The van der Waals surface area contributed by atoms with Crippen LogP contribution in [0, 0.1) is 6.92 Å². The van der Waals surface area contributed by atoms with Crippen LogP contribution in [-0.2, 0) is 21.9 Å². The maximum Gasteiger partial charge on any atom is 0.262 e. The number of anilines is 1. The molecule has 1 amide bonds. The van der Waals surface area contributed by atoms with Crippen LogP contribution in [0.15, 0.2) is 29.4 Å². The zero-order valence-electron chi connectivity index (χ0n) is 14.9. The second-order valence-corrected chi connectivity index (χ2v) is 9.13. The summed E-state index contributed by atoms with van der Waals surface area (Å²) < 4.78 is 29.0. The quantitative estimate of drug-likeness (QED) is 0.806. The Morgan fingerprint density at radius 1 is 1.26 bits per heavy atom.